The topological polar surface area (TPSA) is 45.5 Å². The van der Waals surface area contributed by atoms with E-state index in [2.05, 4.69) is 5.32 Å². The molecule has 5 heteroatoms. The van der Waals surface area contributed by atoms with E-state index in [0.717, 1.165) is 5.76 Å². The molecule has 1 atom stereocenters. The number of nitrogens with zero attached hydrogens (tertiary/aromatic N) is 1. The van der Waals surface area contributed by atoms with E-state index >= 15 is 0 Å². The first kappa shape index (κ1) is 14.1. The number of furan rings is 1. The largest absolute Gasteiger partial charge is 0.468 e. The van der Waals surface area contributed by atoms with Crippen LogP contribution in [0.1, 0.15) is 24.6 Å². The van der Waals surface area contributed by atoms with E-state index in [1.165, 1.54) is 0 Å². The Hall–Kier alpha value is -1.00. The van der Waals surface area contributed by atoms with Gasteiger partial charge in [0.2, 0.25) is 5.91 Å². The van der Waals surface area contributed by atoms with Crippen molar-refractivity contribution in [1.29, 1.82) is 0 Å². The van der Waals surface area contributed by atoms with E-state index in [1.807, 2.05) is 31.1 Å². The van der Waals surface area contributed by atoms with Crippen molar-refractivity contribution in [2.45, 2.75) is 18.9 Å². The maximum absolute atomic E-state index is 11.5. The lowest BCUT2D eigenvalue weighted by Crippen LogP contribution is -2.34. The van der Waals surface area contributed by atoms with Gasteiger partial charge in [-0.2, -0.15) is 0 Å². The van der Waals surface area contributed by atoms with Crippen molar-refractivity contribution in [3.63, 3.8) is 0 Å². The van der Waals surface area contributed by atoms with Gasteiger partial charge in [0, 0.05) is 18.8 Å². The Balaban J connectivity index is 2.43. The summed E-state index contributed by atoms with van der Waals surface area (Å²) < 4.78 is 5.36. The molecule has 0 aliphatic heterocycles. The third-order valence-electron chi connectivity index (χ3n) is 2.53. The van der Waals surface area contributed by atoms with Gasteiger partial charge in [0.05, 0.1) is 12.3 Å². The van der Waals surface area contributed by atoms with Crippen LogP contribution in [0.2, 0.25) is 0 Å². The molecule has 96 valence electrons. The molecule has 0 spiro atoms. The molecule has 0 saturated heterocycles. The number of alkyl halides is 1. The van der Waals surface area contributed by atoms with Crippen molar-refractivity contribution < 1.29 is 9.21 Å². The van der Waals surface area contributed by atoms with Crippen molar-refractivity contribution in [2.24, 2.45) is 0 Å². The number of nitrogens with one attached hydrogen (secondary N) is 1. The highest BCUT2D eigenvalue weighted by atomic mass is 35.5. The lowest BCUT2D eigenvalue weighted by Gasteiger charge is -2.22. The molecule has 4 nitrogen and oxygen atoms in total. The Kier molecular flexibility index (Phi) is 6.08. The zero-order chi connectivity index (χ0) is 12.7. The van der Waals surface area contributed by atoms with Crippen molar-refractivity contribution >= 4 is 17.5 Å². The van der Waals surface area contributed by atoms with Crippen LogP contribution in [0.3, 0.4) is 0 Å². The molecule has 0 fully saturated rings. The van der Waals surface area contributed by atoms with E-state index in [4.69, 9.17) is 16.0 Å². The predicted molar refractivity (Wildman–Crippen MR) is 68.1 cm³/mol. The second-order valence-electron chi connectivity index (χ2n) is 4.09. The van der Waals surface area contributed by atoms with Gasteiger partial charge in [0.25, 0.3) is 0 Å². The van der Waals surface area contributed by atoms with Gasteiger partial charge < -0.3 is 9.73 Å². The number of halogens is 1. The van der Waals surface area contributed by atoms with Crippen LogP contribution in [0.5, 0.6) is 0 Å². The maximum Gasteiger partial charge on any atom is 0.220 e. The first-order chi connectivity index (χ1) is 8.15. The van der Waals surface area contributed by atoms with Crippen LogP contribution in [0, 0.1) is 0 Å². The zero-order valence-electron chi connectivity index (χ0n) is 10.3. The number of hydrogen-bond acceptors (Lipinski definition) is 3. The molecule has 1 aromatic rings. The highest BCUT2D eigenvalue weighted by Gasteiger charge is 2.17. The van der Waals surface area contributed by atoms with E-state index in [0.29, 0.717) is 25.3 Å². The molecule has 0 bridgehead atoms. The fourth-order valence-electron chi connectivity index (χ4n) is 1.54. The molecule has 0 aliphatic rings. The van der Waals surface area contributed by atoms with Crippen LogP contribution in [0.4, 0.5) is 0 Å². The Morgan fingerprint density at radius 3 is 2.88 bits per heavy atom. The smallest absolute Gasteiger partial charge is 0.220 e. The third-order valence-corrected chi connectivity index (χ3v) is 2.79. The minimum absolute atomic E-state index is 0.0315. The van der Waals surface area contributed by atoms with E-state index < -0.39 is 0 Å². The molecule has 1 N–H and O–H groups in total. The van der Waals surface area contributed by atoms with Crippen molar-refractivity contribution in [2.75, 3.05) is 26.5 Å². The monoisotopic (exact) mass is 258 g/mol. The Labute approximate surface area is 107 Å². The average Bonchev–Trinajstić information content (AvgIpc) is 2.79. The number of amides is 1. The Morgan fingerprint density at radius 2 is 2.35 bits per heavy atom. The summed E-state index contributed by atoms with van der Waals surface area (Å²) in [5.74, 6) is 1.40. The molecular weight excluding hydrogens is 240 g/mol. The van der Waals surface area contributed by atoms with Crippen LogP contribution in [-0.2, 0) is 4.79 Å². The molecule has 0 aromatic carbocycles. The van der Waals surface area contributed by atoms with Crippen molar-refractivity contribution in [3.05, 3.63) is 24.2 Å². The minimum atomic E-state index is 0.0315. The number of hydrogen-bond donors (Lipinski definition) is 1. The molecule has 1 amide bonds. The third kappa shape index (κ3) is 4.79. The summed E-state index contributed by atoms with van der Waals surface area (Å²) in [5.41, 5.74) is 0. The van der Waals surface area contributed by atoms with Crippen molar-refractivity contribution in [3.8, 4) is 0 Å². The van der Waals surface area contributed by atoms with Crippen LogP contribution < -0.4 is 5.32 Å². The van der Waals surface area contributed by atoms with Gasteiger partial charge in [-0.3, -0.25) is 9.69 Å². The molecule has 0 saturated carbocycles. The summed E-state index contributed by atoms with van der Waals surface area (Å²) >= 11 is 5.54. The summed E-state index contributed by atoms with van der Waals surface area (Å²) in [5, 5.41) is 2.89. The van der Waals surface area contributed by atoms with Gasteiger partial charge in [-0.1, -0.05) is 0 Å². The summed E-state index contributed by atoms with van der Waals surface area (Å²) in [4.78, 5) is 13.5. The SMILES string of the molecule is CN(C)C(CNC(=O)CCCCl)c1ccco1. The maximum atomic E-state index is 11.5. The second-order valence-corrected chi connectivity index (χ2v) is 4.47. The Bertz CT molecular complexity index is 325. The first-order valence-corrected chi connectivity index (χ1v) is 6.21. The molecule has 1 rings (SSSR count). The zero-order valence-corrected chi connectivity index (χ0v) is 11.0. The first-order valence-electron chi connectivity index (χ1n) is 5.67. The number of likely N-dealkylation sites (N-methyl/N-ethyl adjacent to an activating group) is 1. The predicted octanol–water partition coefficient (Wildman–Crippen LogP) is 2.02. The quantitative estimate of drug-likeness (QED) is 0.761. The molecule has 1 unspecified atom stereocenters. The summed E-state index contributed by atoms with van der Waals surface area (Å²) in [6, 6.07) is 3.82. The fraction of sp³-hybridized carbons (Fsp3) is 0.583. The van der Waals surface area contributed by atoms with Crippen LogP contribution in [0.25, 0.3) is 0 Å². The Morgan fingerprint density at radius 1 is 1.59 bits per heavy atom. The number of carbonyl (C=O) groups excluding carboxylic acids is 1. The second kappa shape index (κ2) is 7.35. The lowest BCUT2D eigenvalue weighted by atomic mass is 10.2. The molecule has 0 aliphatic carbocycles. The van der Waals surface area contributed by atoms with Crippen molar-refractivity contribution in [1.82, 2.24) is 10.2 Å². The molecule has 1 heterocycles. The average molecular weight is 259 g/mol. The normalized spacial score (nSPS) is 12.7. The summed E-state index contributed by atoms with van der Waals surface area (Å²) in [7, 11) is 3.91. The molecular formula is C12H19ClN2O2. The van der Waals surface area contributed by atoms with Gasteiger partial charge in [0.15, 0.2) is 0 Å². The summed E-state index contributed by atoms with van der Waals surface area (Å²) in [6.45, 7) is 0.543. The molecule has 17 heavy (non-hydrogen) atoms. The molecule has 1 aromatic heterocycles. The summed E-state index contributed by atoms with van der Waals surface area (Å²) in [6.07, 6.45) is 2.82. The van der Waals surface area contributed by atoms with Crippen LogP contribution in [-0.4, -0.2) is 37.3 Å². The number of rotatable bonds is 7. The highest BCUT2D eigenvalue weighted by molar-refractivity contribution is 6.17. The lowest BCUT2D eigenvalue weighted by molar-refractivity contribution is -0.121. The van der Waals surface area contributed by atoms with E-state index in [9.17, 15) is 4.79 Å². The van der Waals surface area contributed by atoms with Crippen LogP contribution in [0.15, 0.2) is 22.8 Å². The van der Waals surface area contributed by atoms with Gasteiger partial charge in [-0.05, 0) is 32.6 Å². The standard InChI is InChI=1S/C12H19ClN2O2/c1-15(2)10(11-5-4-8-17-11)9-14-12(16)6-3-7-13/h4-5,8,10H,3,6-7,9H2,1-2H3,(H,14,16). The minimum Gasteiger partial charge on any atom is -0.468 e. The van der Waals surface area contributed by atoms with Gasteiger partial charge in [0.1, 0.15) is 5.76 Å². The van der Waals surface area contributed by atoms with Gasteiger partial charge in [-0.25, -0.2) is 0 Å². The van der Waals surface area contributed by atoms with Gasteiger partial charge in [-0.15, -0.1) is 11.6 Å². The molecule has 0 radical (unpaired) electrons. The number of carbonyl (C=O) groups is 1. The highest BCUT2D eigenvalue weighted by Crippen LogP contribution is 2.17. The van der Waals surface area contributed by atoms with E-state index in [1.54, 1.807) is 6.26 Å². The van der Waals surface area contributed by atoms with E-state index in [-0.39, 0.29) is 11.9 Å². The van der Waals surface area contributed by atoms with Crippen LogP contribution >= 0.6 is 11.6 Å². The van der Waals surface area contributed by atoms with Gasteiger partial charge >= 0.3 is 0 Å². The fourth-order valence-corrected chi connectivity index (χ4v) is 1.68.